The Morgan fingerprint density at radius 2 is 1.87 bits per heavy atom. The monoisotopic (exact) mass is 356 g/mol. The Labute approximate surface area is 144 Å². The van der Waals surface area contributed by atoms with E-state index in [1.165, 1.54) is 0 Å². The van der Waals surface area contributed by atoms with Crippen LogP contribution >= 0.6 is 11.9 Å². The second kappa shape index (κ2) is 7.68. The molecule has 2 unspecified atom stereocenters. The van der Waals surface area contributed by atoms with Crippen molar-refractivity contribution in [3.8, 4) is 11.5 Å². The standard InChI is InChI=1S/C16H28N2O3SSi/c1-11(22-18-17)15(19)12-8-9-13(14(10-12)20-5)21-23(6,7)16(2,3)4/h8-11,15,17,19H,1-7H3. The minimum Gasteiger partial charge on any atom is -0.541 e. The maximum absolute atomic E-state index is 10.3. The van der Waals surface area contributed by atoms with E-state index in [9.17, 15) is 5.11 Å². The van der Waals surface area contributed by atoms with Crippen LogP contribution in [0.15, 0.2) is 22.7 Å². The molecule has 2 N–H and O–H groups in total. The summed E-state index contributed by atoms with van der Waals surface area (Å²) in [7, 11) is -0.360. The topological polar surface area (TPSA) is 74.9 Å². The predicted molar refractivity (Wildman–Crippen MR) is 98.0 cm³/mol. The van der Waals surface area contributed by atoms with Gasteiger partial charge in [-0.05, 0) is 42.8 Å². The van der Waals surface area contributed by atoms with Gasteiger partial charge in [0.1, 0.15) is 5.75 Å². The molecule has 5 nitrogen and oxygen atoms in total. The normalized spacial score (nSPS) is 15.0. The third-order valence-corrected chi connectivity index (χ3v) is 9.40. The third-order valence-electron chi connectivity index (χ3n) is 4.36. The molecule has 0 bridgehead atoms. The van der Waals surface area contributed by atoms with Crippen LogP contribution in [0.5, 0.6) is 11.5 Å². The van der Waals surface area contributed by atoms with Crippen molar-refractivity contribution in [3.05, 3.63) is 23.8 Å². The molecule has 0 aliphatic carbocycles. The van der Waals surface area contributed by atoms with Gasteiger partial charge in [0, 0.05) is 11.9 Å². The zero-order chi connectivity index (χ0) is 17.8. The molecule has 0 saturated carbocycles. The molecule has 1 rings (SSSR count). The summed E-state index contributed by atoms with van der Waals surface area (Å²) in [5.74, 6) is 1.33. The van der Waals surface area contributed by atoms with E-state index >= 15 is 0 Å². The highest BCUT2D eigenvalue weighted by molar-refractivity contribution is 7.98. The largest absolute Gasteiger partial charge is 0.541 e. The lowest BCUT2D eigenvalue weighted by Gasteiger charge is -2.36. The van der Waals surface area contributed by atoms with Crippen molar-refractivity contribution in [2.45, 2.75) is 57.2 Å². The van der Waals surface area contributed by atoms with Crippen LogP contribution in [0.3, 0.4) is 0 Å². The summed E-state index contributed by atoms with van der Waals surface area (Å²) >= 11 is 1.04. The van der Waals surface area contributed by atoms with E-state index in [4.69, 9.17) is 14.7 Å². The molecule has 130 valence electrons. The summed E-state index contributed by atoms with van der Waals surface area (Å²) in [5, 5.41) is 10.2. The summed E-state index contributed by atoms with van der Waals surface area (Å²) in [6.45, 7) is 12.8. The SMILES string of the molecule is COc1cc(C(O)C(C)SN=N)ccc1O[Si](C)(C)C(C)(C)C. The maximum Gasteiger partial charge on any atom is 0.250 e. The highest BCUT2D eigenvalue weighted by Crippen LogP contribution is 2.41. The summed E-state index contributed by atoms with van der Waals surface area (Å²) < 4.78 is 15.0. The first kappa shape index (κ1) is 20.0. The fraction of sp³-hybridized carbons (Fsp3) is 0.625. The maximum atomic E-state index is 10.3. The molecule has 0 fully saturated rings. The average Bonchev–Trinajstić information content (AvgIpc) is 2.45. The molecule has 0 amide bonds. The Bertz CT molecular complexity index is 547. The molecule has 0 radical (unpaired) electrons. The van der Waals surface area contributed by atoms with Gasteiger partial charge in [0.2, 0.25) is 0 Å². The highest BCUT2D eigenvalue weighted by atomic mass is 32.2. The number of nitrogens with one attached hydrogen (secondary N) is 1. The van der Waals surface area contributed by atoms with Gasteiger partial charge in [0.05, 0.1) is 18.5 Å². The minimum atomic E-state index is -1.96. The first-order valence-electron chi connectivity index (χ1n) is 7.61. The van der Waals surface area contributed by atoms with Crippen LogP contribution in [0.1, 0.15) is 39.4 Å². The molecule has 0 aliphatic heterocycles. The number of rotatable bonds is 7. The van der Waals surface area contributed by atoms with E-state index < -0.39 is 14.4 Å². The number of hydrogen-bond donors (Lipinski definition) is 2. The van der Waals surface area contributed by atoms with Crippen LogP contribution < -0.4 is 9.16 Å². The third kappa shape index (κ3) is 4.96. The quantitative estimate of drug-likeness (QED) is 0.401. The van der Waals surface area contributed by atoms with Crippen LogP contribution in [-0.2, 0) is 0 Å². The van der Waals surface area contributed by atoms with Gasteiger partial charge in [-0.3, -0.25) is 0 Å². The Balaban J connectivity index is 3.08. The molecule has 0 aromatic heterocycles. The number of ether oxygens (including phenoxy) is 1. The first-order valence-corrected chi connectivity index (χ1v) is 11.4. The minimum absolute atomic E-state index is 0.0942. The van der Waals surface area contributed by atoms with Gasteiger partial charge < -0.3 is 14.3 Å². The summed E-state index contributed by atoms with van der Waals surface area (Å²) in [6.07, 6.45) is -0.718. The zero-order valence-corrected chi connectivity index (χ0v) is 16.8. The summed E-state index contributed by atoms with van der Waals surface area (Å²) in [5.41, 5.74) is 7.62. The Hall–Kier alpha value is -1.05. The zero-order valence-electron chi connectivity index (χ0n) is 15.0. The summed E-state index contributed by atoms with van der Waals surface area (Å²) in [4.78, 5) is 0. The lowest BCUT2D eigenvalue weighted by Crippen LogP contribution is -2.43. The van der Waals surface area contributed by atoms with Gasteiger partial charge >= 0.3 is 0 Å². The number of hydrogen-bond acceptors (Lipinski definition) is 6. The first-order chi connectivity index (χ1) is 10.5. The van der Waals surface area contributed by atoms with Gasteiger partial charge in [0.15, 0.2) is 5.75 Å². The van der Waals surface area contributed by atoms with Crippen molar-refractivity contribution >= 4 is 20.3 Å². The van der Waals surface area contributed by atoms with Crippen molar-refractivity contribution in [1.29, 1.82) is 5.53 Å². The molecule has 0 heterocycles. The van der Waals surface area contributed by atoms with Gasteiger partial charge in [-0.1, -0.05) is 26.8 Å². The lowest BCUT2D eigenvalue weighted by molar-refractivity contribution is 0.179. The lowest BCUT2D eigenvalue weighted by atomic mass is 10.1. The fourth-order valence-electron chi connectivity index (χ4n) is 1.79. The smallest absolute Gasteiger partial charge is 0.250 e. The molecular weight excluding hydrogens is 328 g/mol. The average molecular weight is 357 g/mol. The van der Waals surface area contributed by atoms with Crippen LogP contribution in [0, 0.1) is 5.53 Å². The van der Waals surface area contributed by atoms with Crippen molar-refractivity contribution in [1.82, 2.24) is 0 Å². The van der Waals surface area contributed by atoms with Gasteiger partial charge in [-0.25, -0.2) is 0 Å². The molecule has 1 aromatic carbocycles. The molecular formula is C16H28N2O3SSi. The van der Waals surface area contributed by atoms with Crippen molar-refractivity contribution < 1.29 is 14.3 Å². The van der Waals surface area contributed by atoms with E-state index in [0.717, 1.165) is 17.5 Å². The predicted octanol–water partition coefficient (Wildman–Crippen LogP) is 5.18. The number of nitrogens with zero attached hydrogens (tertiary/aromatic N) is 1. The van der Waals surface area contributed by atoms with Crippen molar-refractivity contribution in [2.24, 2.45) is 4.52 Å². The second-order valence-electron chi connectivity index (χ2n) is 7.12. The Morgan fingerprint density at radius 1 is 1.26 bits per heavy atom. The van der Waals surface area contributed by atoms with E-state index in [1.54, 1.807) is 13.2 Å². The molecule has 23 heavy (non-hydrogen) atoms. The molecule has 0 saturated heterocycles. The van der Waals surface area contributed by atoms with Crippen molar-refractivity contribution in [2.75, 3.05) is 7.11 Å². The van der Waals surface area contributed by atoms with Crippen LogP contribution in [-0.4, -0.2) is 25.8 Å². The van der Waals surface area contributed by atoms with Crippen LogP contribution in [0.4, 0.5) is 0 Å². The number of methoxy groups -OCH3 is 1. The number of benzene rings is 1. The highest BCUT2D eigenvalue weighted by Gasteiger charge is 2.39. The van der Waals surface area contributed by atoms with Gasteiger partial charge in [-0.15, -0.1) is 4.52 Å². The number of aliphatic hydroxyl groups excluding tert-OH is 1. The van der Waals surface area contributed by atoms with Crippen LogP contribution in [0.2, 0.25) is 18.1 Å². The Kier molecular flexibility index (Phi) is 6.67. The number of aliphatic hydroxyl groups is 1. The van der Waals surface area contributed by atoms with E-state index in [2.05, 4.69) is 38.4 Å². The van der Waals surface area contributed by atoms with Gasteiger partial charge in [-0.2, -0.15) is 5.53 Å². The second-order valence-corrected chi connectivity index (χ2v) is 13.0. The van der Waals surface area contributed by atoms with Gasteiger partial charge in [0.25, 0.3) is 8.32 Å². The van der Waals surface area contributed by atoms with E-state index in [0.29, 0.717) is 11.5 Å². The molecule has 1 aromatic rings. The fourth-order valence-corrected chi connectivity index (χ4v) is 3.26. The van der Waals surface area contributed by atoms with E-state index in [-0.39, 0.29) is 10.3 Å². The van der Waals surface area contributed by atoms with Crippen LogP contribution in [0.25, 0.3) is 0 Å². The summed E-state index contributed by atoms with van der Waals surface area (Å²) in [6, 6.07) is 5.50. The Morgan fingerprint density at radius 3 is 2.35 bits per heavy atom. The molecule has 0 aliphatic rings. The molecule has 0 spiro atoms. The molecule has 7 heteroatoms. The molecule has 2 atom stereocenters. The van der Waals surface area contributed by atoms with Crippen molar-refractivity contribution in [3.63, 3.8) is 0 Å². The van der Waals surface area contributed by atoms with E-state index in [1.807, 2.05) is 19.1 Å².